The van der Waals surface area contributed by atoms with Gasteiger partial charge in [-0.3, -0.25) is 0 Å². The highest BCUT2D eigenvalue weighted by Gasteiger charge is 2.06. The molecule has 2 aromatic rings. The van der Waals surface area contributed by atoms with E-state index in [0.717, 1.165) is 29.2 Å². The molecule has 0 aliphatic rings. The molecule has 0 aliphatic heterocycles. The number of benzene rings is 2. The van der Waals surface area contributed by atoms with Crippen molar-refractivity contribution >= 4 is 11.4 Å². The van der Waals surface area contributed by atoms with Gasteiger partial charge in [0.15, 0.2) is 0 Å². The van der Waals surface area contributed by atoms with Gasteiger partial charge in [0.25, 0.3) is 0 Å². The van der Waals surface area contributed by atoms with Gasteiger partial charge in [-0.25, -0.2) is 0 Å². The van der Waals surface area contributed by atoms with Crippen LogP contribution in [0.5, 0.6) is 5.75 Å². The van der Waals surface area contributed by atoms with Crippen molar-refractivity contribution < 1.29 is 4.74 Å². The van der Waals surface area contributed by atoms with E-state index in [1.165, 1.54) is 5.56 Å². The minimum atomic E-state index is 0.778. The van der Waals surface area contributed by atoms with Crippen LogP contribution in [-0.4, -0.2) is 14.2 Å². The van der Waals surface area contributed by atoms with Crippen molar-refractivity contribution in [2.24, 2.45) is 0 Å². The summed E-state index contributed by atoms with van der Waals surface area (Å²) >= 11 is 0. The first-order chi connectivity index (χ1) is 9.10. The fraction of sp³-hybridized carbons (Fsp3) is 0.250. The van der Waals surface area contributed by atoms with Crippen molar-refractivity contribution in [1.82, 2.24) is 0 Å². The molecular weight excluding hydrogens is 236 g/mol. The van der Waals surface area contributed by atoms with Gasteiger partial charge in [0.2, 0.25) is 0 Å². The van der Waals surface area contributed by atoms with Crippen LogP contribution in [0.1, 0.15) is 11.1 Å². The van der Waals surface area contributed by atoms with E-state index in [1.807, 2.05) is 30.3 Å². The van der Waals surface area contributed by atoms with Crippen molar-refractivity contribution in [3.8, 4) is 5.75 Å². The Bertz CT molecular complexity index is 566. The smallest absolute Gasteiger partial charge is 0.120 e. The molecule has 0 aromatic heterocycles. The molecule has 0 saturated heterocycles. The SMILES string of the molecule is COc1cccc(N(C)Cc2cc(C)ccc2N)c1. The third-order valence-corrected chi connectivity index (χ3v) is 3.20. The lowest BCUT2D eigenvalue weighted by Crippen LogP contribution is -2.17. The normalized spacial score (nSPS) is 10.3. The molecule has 3 nitrogen and oxygen atoms in total. The van der Waals surface area contributed by atoms with Gasteiger partial charge < -0.3 is 15.4 Å². The van der Waals surface area contributed by atoms with Crippen LogP contribution >= 0.6 is 0 Å². The largest absolute Gasteiger partial charge is 0.497 e. The Kier molecular flexibility index (Phi) is 3.95. The molecule has 0 unspecified atom stereocenters. The molecule has 0 amide bonds. The number of hydrogen-bond donors (Lipinski definition) is 1. The predicted octanol–water partition coefficient (Wildman–Crippen LogP) is 3.22. The van der Waals surface area contributed by atoms with E-state index in [-0.39, 0.29) is 0 Å². The number of anilines is 2. The van der Waals surface area contributed by atoms with Crippen molar-refractivity contribution in [2.75, 3.05) is 24.8 Å². The number of aryl methyl sites for hydroxylation is 1. The molecule has 0 heterocycles. The summed E-state index contributed by atoms with van der Waals surface area (Å²) in [5.74, 6) is 0.863. The van der Waals surface area contributed by atoms with E-state index in [4.69, 9.17) is 10.5 Å². The first-order valence-electron chi connectivity index (χ1n) is 6.30. The average molecular weight is 256 g/mol. The maximum atomic E-state index is 6.02. The average Bonchev–Trinajstić information content (AvgIpc) is 2.43. The van der Waals surface area contributed by atoms with Gasteiger partial charge in [0, 0.05) is 31.0 Å². The van der Waals surface area contributed by atoms with E-state index in [9.17, 15) is 0 Å². The zero-order chi connectivity index (χ0) is 13.8. The summed E-state index contributed by atoms with van der Waals surface area (Å²) in [4.78, 5) is 2.16. The van der Waals surface area contributed by atoms with Crippen molar-refractivity contribution in [2.45, 2.75) is 13.5 Å². The lowest BCUT2D eigenvalue weighted by Gasteiger charge is -2.21. The van der Waals surface area contributed by atoms with E-state index in [1.54, 1.807) is 7.11 Å². The minimum absolute atomic E-state index is 0.778. The molecule has 2 aromatic carbocycles. The summed E-state index contributed by atoms with van der Waals surface area (Å²) in [7, 11) is 3.73. The second-order valence-electron chi connectivity index (χ2n) is 4.76. The second-order valence-corrected chi connectivity index (χ2v) is 4.76. The highest BCUT2D eigenvalue weighted by Crippen LogP contribution is 2.23. The summed E-state index contributed by atoms with van der Waals surface area (Å²) in [6.45, 7) is 2.86. The lowest BCUT2D eigenvalue weighted by atomic mass is 10.1. The Morgan fingerprint density at radius 3 is 2.68 bits per heavy atom. The van der Waals surface area contributed by atoms with Crippen LogP contribution in [0.2, 0.25) is 0 Å². The molecule has 100 valence electrons. The third-order valence-electron chi connectivity index (χ3n) is 3.20. The summed E-state index contributed by atoms with van der Waals surface area (Å²) < 4.78 is 5.25. The number of nitrogen functional groups attached to an aromatic ring is 1. The monoisotopic (exact) mass is 256 g/mol. The third kappa shape index (κ3) is 3.19. The number of methoxy groups -OCH3 is 1. The van der Waals surface area contributed by atoms with Gasteiger partial charge >= 0.3 is 0 Å². The molecule has 0 spiro atoms. The Hall–Kier alpha value is -2.16. The lowest BCUT2D eigenvalue weighted by molar-refractivity contribution is 0.415. The van der Waals surface area contributed by atoms with Crippen LogP contribution in [-0.2, 0) is 6.54 Å². The van der Waals surface area contributed by atoms with Gasteiger partial charge in [-0.1, -0.05) is 23.8 Å². The molecule has 0 aliphatic carbocycles. The quantitative estimate of drug-likeness (QED) is 0.854. The fourth-order valence-corrected chi connectivity index (χ4v) is 2.07. The number of ether oxygens (including phenoxy) is 1. The second kappa shape index (κ2) is 5.65. The van der Waals surface area contributed by atoms with E-state index < -0.39 is 0 Å². The topological polar surface area (TPSA) is 38.5 Å². The molecule has 0 fully saturated rings. The highest BCUT2D eigenvalue weighted by molar-refractivity contribution is 5.54. The van der Waals surface area contributed by atoms with Crippen molar-refractivity contribution in [3.63, 3.8) is 0 Å². The number of hydrogen-bond acceptors (Lipinski definition) is 3. The van der Waals surface area contributed by atoms with Gasteiger partial charge in [-0.15, -0.1) is 0 Å². The Labute approximate surface area is 114 Å². The van der Waals surface area contributed by atoms with Crippen molar-refractivity contribution in [1.29, 1.82) is 0 Å². The van der Waals surface area contributed by atoms with E-state index in [0.29, 0.717) is 0 Å². The molecule has 0 saturated carbocycles. The Balaban J connectivity index is 2.20. The van der Waals surface area contributed by atoms with Crippen LogP contribution in [0.25, 0.3) is 0 Å². The molecular formula is C16H20N2O. The van der Waals surface area contributed by atoms with Gasteiger partial charge in [0.1, 0.15) is 5.75 Å². The molecule has 0 bridgehead atoms. The Morgan fingerprint density at radius 2 is 1.95 bits per heavy atom. The number of rotatable bonds is 4. The maximum Gasteiger partial charge on any atom is 0.120 e. The van der Waals surface area contributed by atoms with Crippen LogP contribution in [0.15, 0.2) is 42.5 Å². The molecule has 19 heavy (non-hydrogen) atoms. The first-order valence-corrected chi connectivity index (χ1v) is 6.30. The fourth-order valence-electron chi connectivity index (χ4n) is 2.07. The molecule has 0 radical (unpaired) electrons. The first kappa shape index (κ1) is 13.3. The molecule has 0 atom stereocenters. The predicted molar refractivity (Wildman–Crippen MR) is 80.7 cm³/mol. The summed E-state index contributed by atoms with van der Waals surface area (Å²) in [5, 5.41) is 0. The zero-order valence-corrected chi connectivity index (χ0v) is 11.7. The van der Waals surface area contributed by atoms with Gasteiger partial charge in [-0.2, -0.15) is 0 Å². The van der Waals surface area contributed by atoms with Crippen LogP contribution < -0.4 is 15.4 Å². The highest BCUT2D eigenvalue weighted by atomic mass is 16.5. The summed E-state index contributed by atoms with van der Waals surface area (Å²) in [6, 6.07) is 14.1. The molecule has 3 heteroatoms. The molecule has 2 N–H and O–H groups in total. The maximum absolute atomic E-state index is 6.02. The van der Waals surface area contributed by atoms with E-state index in [2.05, 4.69) is 31.0 Å². The summed E-state index contributed by atoms with van der Waals surface area (Å²) in [5.41, 5.74) is 10.3. The van der Waals surface area contributed by atoms with Gasteiger partial charge in [-0.05, 0) is 30.7 Å². The summed E-state index contributed by atoms with van der Waals surface area (Å²) in [6.07, 6.45) is 0. The van der Waals surface area contributed by atoms with Crippen LogP contribution in [0.4, 0.5) is 11.4 Å². The number of nitrogens with zero attached hydrogens (tertiary/aromatic N) is 1. The molecule has 2 rings (SSSR count). The van der Waals surface area contributed by atoms with Crippen LogP contribution in [0, 0.1) is 6.92 Å². The van der Waals surface area contributed by atoms with Crippen LogP contribution in [0.3, 0.4) is 0 Å². The Morgan fingerprint density at radius 1 is 1.16 bits per heavy atom. The standard InChI is InChI=1S/C16H20N2O/c1-12-7-8-16(17)13(9-12)11-18(2)14-5-4-6-15(10-14)19-3/h4-10H,11,17H2,1-3H3. The number of nitrogens with two attached hydrogens (primary N) is 1. The van der Waals surface area contributed by atoms with Crippen molar-refractivity contribution in [3.05, 3.63) is 53.6 Å². The minimum Gasteiger partial charge on any atom is -0.497 e. The van der Waals surface area contributed by atoms with E-state index >= 15 is 0 Å². The zero-order valence-electron chi connectivity index (χ0n) is 11.7. The van der Waals surface area contributed by atoms with Gasteiger partial charge in [0.05, 0.1) is 7.11 Å².